The second-order valence-corrected chi connectivity index (χ2v) is 4.33. The quantitative estimate of drug-likeness (QED) is 0.642. The highest BCUT2D eigenvalue weighted by Crippen LogP contribution is 2.06. The lowest BCUT2D eigenvalue weighted by molar-refractivity contribution is 0.133. The number of hydrogen-bond acceptors (Lipinski definition) is 4. The molecule has 1 heterocycles. The Morgan fingerprint density at radius 1 is 1.53 bits per heavy atom. The van der Waals surface area contributed by atoms with Gasteiger partial charge in [0.15, 0.2) is 0 Å². The SMILES string of the molecule is C=CC(CC/C=C(/C)COCc1ccncn1)OC. The first kappa shape index (κ1) is 15.5. The van der Waals surface area contributed by atoms with Crippen molar-refractivity contribution in [2.45, 2.75) is 32.5 Å². The van der Waals surface area contributed by atoms with Crippen molar-refractivity contribution in [2.75, 3.05) is 13.7 Å². The van der Waals surface area contributed by atoms with Gasteiger partial charge in [0, 0.05) is 13.3 Å². The largest absolute Gasteiger partial charge is 0.377 e. The normalized spacial score (nSPS) is 13.3. The molecule has 0 radical (unpaired) electrons. The van der Waals surface area contributed by atoms with Crippen molar-refractivity contribution in [3.63, 3.8) is 0 Å². The van der Waals surface area contributed by atoms with E-state index in [1.165, 1.54) is 11.9 Å². The zero-order valence-corrected chi connectivity index (χ0v) is 11.7. The van der Waals surface area contributed by atoms with Crippen LogP contribution in [-0.4, -0.2) is 29.8 Å². The molecule has 1 atom stereocenters. The first-order chi connectivity index (χ1) is 9.26. The summed E-state index contributed by atoms with van der Waals surface area (Å²) in [5, 5.41) is 0. The summed E-state index contributed by atoms with van der Waals surface area (Å²) in [7, 11) is 1.70. The van der Waals surface area contributed by atoms with Gasteiger partial charge in [0.1, 0.15) is 6.33 Å². The van der Waals surface area contributed by atoms with Crippen LogP contribution in [0, 0.1) is 0 Å². The van der Waals surface area contributed by atoms with Crippen LogP contribution >= 0.6 is 0 Å². The second-order valence-electron chi connectivity index (χ2n) is 4.33. The van der Waals surface area contributed by atoms with Crippen molar-refractivity contribution in [1.29, 1.82) is 0 Å². The van der Waals surface area contributed by atoms with Crippen LogP contribution < -0.4 is 0 Å². The minimum absolute atomic E-state index is 0.131. The van der Waals surface area contributed by atoms with Gasteiger partial charge in [-0.25, -0.2) is 9.97 Å². The predicted molar refractivity (Wildman–Crippen MR) is 75.7 cm³/mol. The summed E-state index contributed by atoms with van der Waals surface area (Å²) < 4.78 is 10.8. The third-order valence-corrected chi connectivity index (χ3v) is 2.73. The highest BCUT2D eigenvalue weighted by atomic mass is 16.5. The molecular weight excluding hydrogens is 240 g/mol. The van der Waals surface area contributed by atoms with E-state index in [2.05, 4.69) is 29.5 Å². The van der Waals surface area contributed by atoms with E-state index in [4.69, 9.17) is 9.47 Å². The van der Waals surface area contributed by atoms with Crippen molar-refractivity contribution < 1.29 is 9.47 Å². The topological polar surface area (TPSA) is 44.2 Å². The van der Waals surface area contributed by atoms with Crippen molar-refractivity contribution in [3.8, 4) is 0 Å². The van der Waals surface area contributed by atoms with Gasteiger partial charge in [0.05, 0.1) is 25.0 Å². The second kappa shape index (κ2) is 9.42. The number of methoxy groups -OCH3 is 1. The van der Waals surface area contributed by atoms with E-state index in [0.717, 1.165) is 18.5 Å². The monoisotopic (exact) mass is 262 g/mol. The predicted octanol–water partition coefficient (Wildman–Crippen LogP) is 2.92. The molecule has 104 valence electrons. The molecule has 0 N–H and O–H groups in total. The number of allylic oxidation sites excluding steroid dienone is 1. The van der Waals surface area contributed by atoms with Crippen molar-refractivity contribution in [1.82, 2.24) is 9.97 Å². The molecule has 0 amide bonds. The van der Waals surface area contributed by atoms with Crippen molar-refractivity contribution >= 4 is 0 Å². The fraction of sp³-hybridized carbons (Fsp3) is 0.467. The van der Waals surface area contributed by atoms with E-state index in [-0.39, 0.29) is 6.10 Å². The summed E-state index contributed by atoms with van der Waals surface area (Å²) in [6.45, 7) is 6.93. The van der Waals surface area contributed by atoms with Gasteiger partial charge in [-0.15, -0.1) is 6.58 Å². The Hall–Kier alpha value is -1.52. The minimum atomic E-state index is 0.131. The van der Waals surface area contributed by atoms with Gasteiger partial charge in [-0.2, -0.15) is 0 Å². The third-order valence-electron chi connectivity index (χ3n) is 2.73. The van der Waals surface area contributed by atoms with E-state index in [1.54, 1.807) is 13.3 Å². The van der Waals surface area contributed by atoms with Gasteiger partial charge in [0.25, 0.3) is 0 Å². The van der Waals surface area contributed by atoms with Crippen LogP contribution in [-0.2, 0) is 16.1 Å². The number of rotatable bonds is 9. The van der Waals surface area contributed by atoms with Crippen LogP contribution in [0.25, 0.3) is 0 Å². The Kier molecular flexibility index (Phi) is 7.70. The summed E-state index contributed by atoms with van der Waals surface area (Å²) in [5.41, 5.74) is 2.11. The van der Waals surface area contributed by atoms with Crippen LogP contribution in [0.1, 0.15) is 25.5 Å². The molecule has 19 heavy (non-hydrogen) atoms. The average molecular weight is 262 g/mol. The van der Waals surface area contributed by atoms with Gasteiger partial charge in [0.2, 0.25) is 0 Å². The average Bonchev–Trinajstić information content (AvgIpc) is 2.45. The standard InChI is InChI=1S/C15H22N2O2/c1-4-15(18-3)7-5-6-13(2)10-19-11-14-8-9-16-12-17-14/h4,6,8-9,12,15H,1,5,7,10-11H2,2-3H3/b13-6-. The van der Waals surface area contributed by atoms with E-state index in [0.29, 0.717) is 13.2 Å². The van der Waals surface area contributed by atoms with Gasteiger partial charge in [-0.1, -0.05) is 17.7 Å². The number of nitrogens with zero attached hydrogens (tertiary/aromatic N) is 2. The molecule has 0 fully saturated rings. The summed E-state index contributed by atoms with van der Waals surface area (Å²) in [6.07, 6.45) is 9.29. The van der Waals surface area contributed by atoms with E-state index >= 15 is 0 Å². The molecule has 1 rings (SSSR count). The molecule has 1 aromatic heterocycles. The smallest absolute Gasteiger partial charge is 0.115 e. The molecule has 0 spiro atoms. The van der Waals surface area contributed by atoms with Crippen LogP contribution in [0.3, 0.4) is 0 Å². The molecule has 4 heteroatoms. The molecule has 0 saturated heterocycles. The molecule has 1 unspecified atom stereocenters. The van der Waals surface area contributed by atoms with Gasteiger partial charge >= 0.3 is 0 Å². The van der Waals surface area contributed by atoms with Crippen LogP contribution in [0.2, 0.25) is 0 Å². The Morgan fingerprint density at radius 2 is 2.37 bits per heavy atom. The highest BCUT2D eigenvalue weighted by Gasteiger charge is 2.00. The molecule has 1 aromatic rings. The van der Waals surface area contributed by atoms with Crippen LogP contribution in [0.15, 0.2) is 42.9 Å². The fourth-order valence-electron chi connectivity index (χ4n) is 1.60. The summed E-state index contributed by atoms with van der Waals surface area (Å²) in [6, 6.07) is 1.85. The molecule has 0 bridgehead atoms. The highest BCUT2D eigenvalue weighted by molar-refractivity contribution is 5.00. The fourth-order valence-corrected chi connectivity index (χ4v) is 1.60. The van der Waals surface area contributed by atoms with Gasteiger partial charge < -0.3 is 9.47 Å². The molecule has 4 nitrogen and oxygen atoms in total. The van der Waals surface area contributed by atoms with Crippen molar-refractivity contribution in [2.24, 2.45) is 0 Å². The Bertz CT molecular complexity index is 390. The maximum Gasteiger partial charge on any atom is 0.115 e. The van der Waals surface area contributed by atoms with E-state index in [1.807, 2.05) is 12.1 Å². The van der Waals surface area contributed by atoms with Crippen LogP contribution in [0.5, 0.6) is 0 Å². The van der Waals surface area contributed by atoms with Crippen LogP contribution in [0.4, 0.5) is 0 Å². The number of aromatic nitrogens is 2. The summed E-state index contributed by atoms with van der Waals surface area (Å²) in [4.78, 5) is 7.96. The van der Waals surface area contributed by atoms with E-state index < -0.39 is 0 Å². The molecular formula is C15H22N2O2. The third kappa shape index (κ3) is 6.84. The van der Waals surface area contributed by atoms with Gasteiger partial charge in [-0.3, -0.25) is 0 Å². The summed E-state index contributed by atoms with van der Waals surface area (Å²) in [5.74, 6) is 0. The lowest BCUT2D eigenvalue weighted by Crippen LogP contribution is -2.05. The van der Waals surface area contributed by atoms with E-state index in [9.17, 15) is 0 Å². The molecule has 0 aliphatic carbocycles. The molecule has 0 aromatic carbocycles. The zero-order valence-electron chi connectivity index (χ0n) is 11.7. The molecule has 0 aliphatic rings. The maximum atomic E-state index is 5.58. The molecule has 0 saturated carbocycles. The Balaban J connectivity index is 2.19. The van der Waals surface area contributed by atoms with Crippen molar-refractivity contribution in [3.05, 3.63) is 48.6 Å². The van der Waals surface area contributed by atoms with Gasteiger partial charge in [-0.05, 0) is 25.8 Å². The Labute approximate surface area is 115 Å². The maximum absolute atomic E-state index is 5.58. The zero-order chi connectivity index (χ0) is 13.9. The lowest BCUT2D eigenvalue weighted by Gasteiger charge is -2.08. The molecule has 0 aliphatic heterocycles. The lowest BCUT2D eigenvalue weighted by atomic mass is 10.1. The first-order valence-corrected chi connectivity index (χ1v) is 6.40. The first-order valence-electron chi connectivity index (χ1n) is 6.40. The Morgan fingerprint density at radius 3 is 3.00 bits per heavy atom. The number of ether oxygens (including phenoxy) is 2. The number of hydrogen-bond donors (Lipinski definition) is 0. The summed E-state index contributed by atoms with van der Waals surface area (Å²) >= 11 is 0. The minimum Gasteiger partial charge on any atom is -0.377 e.